The molecule has 148 heavy (non-hydrogen) atoms. The van der Waals surface area contributed by atoms with E-state index in [-0.39, 0.29) is 5.41 Å². The second-order valence-corrected chi connectivity index (χ2v) is 42.1. The first kappa shape index (κ1) is 85.1. The first-order chi connectivity index (χ1) is 73.1. The number of thiophene rings is 3. The minimum absolute atomic E-state index is 0.341. The molecule has 0 radical (unpaired) electrons. The lowest BCUT2D eigenvalue weighted by molar-refractivity contribution is 0.635. The zero-order valence-electron chi connectivity index (χ0n) is 80.0. The Hall–Kier alpha value is -18.6. The lowest BCUT2D eigenvalue weighted by Crippen LogP contribution is -2.18. The Labute approximate surface area is 859 Å². The van der Waals surface area contributed by atoms with Crippen LogP contribution in [0.1, 0.15) is 25.1 Å². The van der Waals surface area contributed by atoms with Crippen molar-refractivity contribution in [1.82, 2.24) is 48.6 Å². The van der Waals surface area contributed by atoms with Crippen LogP contribution in [0, 0.1) is 0 Å². The molecule has 11 aromatic heterocycles. The van der Waals surface area contributed by atoms with Gasteiger partial charge < -0.3 is 4.42 Å². The zero-order valence-corrected chi connectivity index (χ0v) is 82.4. The molecule has 0 fully saturated rings. The average molecular weight is 1940 g/mol. The minimum atomic E-state index is -0.341. The fourth-order valence-electron chi connectivity index (χ4n) is 22.9. The fraction of sp³-hybridized carbons (Fsp3) is 0.0224. The summed E-state index contributed by atoms with van der Waals surface area (Å²) in [5.41, 5.74) is 28.3. The number of furan rings is 1. The van der Waals surface area contributed by atoms with Gasteiger partial charge in [-0.3, -0.25) is 18.7 Å². The highest BCUT2D eigenvalue weighted by molar-refractivity contribution is 7.26. The topological polar surface area (TPSA) is 118 Å². The van der Waals surface area contributed by atoms with Crippen molar-refractivity contribution in [2.75, 3.05) is 0 Å². The van der Waals surface area contributed by atoms with Gasteiger partial charge in [-0.2, -0.15) is 4.98 Å². The van der Waals surface area contributed by atoms with Gasteiger partial charge in [0.2, 0.25) is 5.71 Å². The van der Waals surface area contributed by atoms with Gasteiger partial charge in [0.1, 0.15) is 38.5 Å². The van der Waals surface area contributed by atoms with E-state index in [1.807, 2.05) is 65.3 Å². The van der Waals surface area contributed by atoms with E-state index in [4.69, 9.17) is 34.3 Å². The van der Waals surface area contributed by atoms with Crippen molar-refractivity contribution in [3.63, 3.8) is 0 Å². The van der Waals surface area contributed by atoms with Crippen LogP contribution in [0.15, 0.2) is 466 Å². The molecule has 1 aliphatic rings. The maximum Gasteiger partial charge on any atom is 0.248 e. The standard InChI is InChI=1S/C50H29N3S2.C46H30N4S.C38H23N3O/c1-3-13-30(14-4-1)38-28-41-46(29-39(38)31-15-5-2-6-16-31)55-50-48(41)51-49(47(52-50)34-23-24-37-36-20-10-12-22-44(36)54-45(37)27-34)53-42-21-11-9-19-35(42)40-25-32-17-7-8-18-33(32)26-43(40)53;1-46(2)36-21-19-29(37-15-9-10-22-47-37)24-35(36)43-44(46)48-42(30-18-20-33-32-14-6-8-17-40(32)51-41(33)26-30)45(49-43)50-38-16-7-5-13-31(38)34-23-27-11-3-4-12-28(27)25-39(34)50;1-3-11-24(12-4-1)28-19-20-30-34(23-28)42-38-36(30)39-35(25-13-5-2-6-14-25)37(40-38)41-32-18-10-9-17-29(32)31-21-26-15-7-8-16-27(26)22-33(31)41/h1-29H;3-26H,1-2H3;1-23H. The molecule has 692 valence electrons. The van der Waals surface area contributed by atoms with Gasteiger partial charge in [-0.25, -0.2) is 24.9 Å². The molecule has 32 rings (SSSR count). The average Bonchev–Trinajstić information content (AvgIpc) is 1.55. The van der Waals surface area contributed by atoms with E-state index >= 15 is 0 Å². The summed E-state index contributed by atoms with van der Waals surface area (Å²) in [6, 6.07) is 162. The Bertz CT molecular complexity index is 10900. The SMILES string of the molecule is CC1(C)c2ccc(-c3ccccn3)cc2-c2nc(-n3c4ccccc4c4cc5ccccc5cc43)c(-c3ccc4c(c3)sc3ccccc34)nc21.c1ccc(-c2cc3sc4nc(-c5ccc6c(c5)sc5ccccc56)c(-n5c6ccccc6c6cc7ccccc7cc65)nc4c3cc2-c2ccccc2)cc1.c1ccc(-c2ccc3c(c2)oc2nc(-n4c5ccccc5c5cc6ccccc6cc54)c(-c4ccccc4)nc23)cc1. The zero-order chi connectivity index (χ0) is 97.5. The van der Waals surface area contributed by atoms with E-state index in [1.165, 1.54) is 137 Å². The molecule has 0 bridgehead atoms. The van der Waals surface area contributed by atoms with Gasteiger partial charge in [0.25, 0.3) is 0 Å². The van der Waals surface area contributed by atoms with Gasteiger partial charge in [0, 0.05) is 128 Å². The summed E-state index contributed by atoms with van der Waals surface area (Å²) in [7, 11) is 0. The number of hydrogen-bond acceptors (Lipinski definition) is 11. The smallest absolute Gasteiger partial charge is 0.248 e. The predicted octanol–water partition coefficient (Wildman–Crippen LogP) is 36.6. The van der Waals surface area contributed by atoms with Crippen molar-refractivity contribution in [3.8, 4) is 107 Å². The molecular formula is C134H82N10OS3. The summed E-state index contributed by atoms with van der Waals surface area (Å²) < 4.78 is 19.6. The van der Waals surface area contributed by atoms with Crippen molar-refractivity contribution in [2.45, 2.75) is 19.3 Å². The maximum absolute atomic E-state index is 6.45. The maximum atomic E-state index is 6.45. The van der Waals surface area contributed by atoms with Crippen molar-refractivity contribution in [1.29, 1.82) is 0 Å². The second-order valence-electron chi connectivity index (χ2n) is 38.9. The van der Waals surface area contributed by atoms with Crippen LogP contribution >= 0.6 is 34.0 Å². The van der Waals surface area contributed by atoms with Crippen LogP contribution in [-0.4, -0.2) is 48.6 Å². The monoisotopic (exact) mass is 1940 g/mol. The Morgan fingerprint density at radius 3 is 1.17 bits per heavy atom. The molecule has 0 saturated carbocycles. The Morgan fingerprint density at radius 1 is 0.230 bits per heavy atom. The molecule has 1 aliphatic carbocycles. The van der Waals surface area contributed by atoms with Gasteiger partial charge in [-0.1, -0.05) is 347 Å². The number of hydrogen-bond donors (Lipinski definition) is 0. The number of fused-ring (bicyclic) bond motifs is 27. The van der Waals surface area contributed by atoms with Gasteiger partial charge in [-0.05, 0) is 193 Å². The summed E-state index contributed by atoms with van der Waals surface area (Å²) in [5.74, 6) is 2.42. The van der Waals surface area contributed by atoms with Gasteiger partial charge in [0.15, 0.2) is 17.5 Å². The van der Waals surface area contributed by atoms with Crippen LogP contribution in [0.4, 0.5) is 0 Å². The molecule has 11 nitrogen and oxygen atoms in total. The first-order valence-corrected chi connectivity index (χ1v) is 52.4. The van der Waals surface area contributed by atoms with Crippen LogP contribution < -0.4 is 0 Å². The van der Waals surface area contributed by atoms with E-state index < -0.39 is 0 Å². The van der Waals surface area contributed by atoms with Crippen molar-refractivity contribution >= 4 is 215 Å². The van der Waals surface area contributed by atoms with Gasteiger partial charge in [-0.15, -0.1) is 34.0 Å². The molecule has 0 spiro atoms. The summed E-state index contributed by atoms with van der Waals surface area (Å²) >= 11 is 5.39. The number of rotatable bonds is 10. The summed E-state index contributed by atoms with van der Waals surface area (Å²) in [6.45, 7) is 4.55. The van der Waals surface area contributed by atoms with E-state index in [1.54, 1.807) is 11.3 Å². The lowest BCUT2D eigenvalue weighted by Gasteiger charge is -2.21. The first-order valence-electron chi connectivity index (χ1n) is 49.9. The van der Waals surface area contributed by atoms with Crippen LogP contribution in [-0.2, 0) is 5.41 Å². The fourth-order valence-corrected chi connectivity index (χ4v) is 26.2. The highest BCUT2D eigenvalue weighted by atomic mass is 32.1. The van der Waals surface area contributed by atoms with Crippen LogP contribution in [0.25, 0.3) is 288 Å². The van der Waals surface area contributed by atoms with Crippen LogP contribution in [0.2, 0.25) is 0 Å². The third-order valence-electron chi connectivity index (χ3n) is 30.0. The molecule has 0 unspecified atom stereocenters. The molecule has 11 heterocycles. The summed E-state index contributed by atoms with van der Waals surface area (Å²) in [6.07, 6.45) is 1.85. The van der Waals surface area contributed by atoms with Crippen LogP contribution in [0.3, 0.4) is 0 Å². The number of para-hydroxylation sites is 3. The van der Waals surface area contributed by atoms with Crippen molar-refractivity contribution in [3.05, 3.63) is 472 Å². The van der Waals surface area contributed by atoms with Crippen molar-refractivity contribution < 1.29 is 4.42 Å². The molecule has 20 aromatic carbocycles. The van der Waals surface area contributed by atoms with E-state index in [2.05, 4.69) is 451 Å². The Kier molecular flexibility index (Phi) is 19.4. The molecule has 0 N–H and O–H groups in total. The Balaban J connectivity index is 0.000000103. The third-order valence-corrected chi connectivity index (χ3v) is 33.3. The molecule has 0 atom stereocenters. The third kappa shape index (κ3) is 13.7. The molecule has 0 saturated heterocycles. The number of benzene rings is 20. The van der Waals surface area contributed by atoms with Gasteiger partial charge >= 0.3 is 0 Å². The molecule has 0 amide bonds. The summed E-state index contributed by atoms with van der Waals surface area (Å²) in [5, 5.41) is 21.6. The van der Waals surface area contributed by atoms with Crippen molar-refractivity contribution in [2.24, 2.45) is 0 Å². The van der Waals surface area contributed by atoms with E-state index in [9.17, 15) is 0 Å². The molecule has 0 aliphatic heterocycles. The number of pyridine rings is 1. The summed E-state index contributed by atoms with van der Waals surface area (Å²) in [4.78, 5) is 38.9. The predicted molar refractivity (Wildman–Crippen MR) is 621 cm³/mol. The Morgan fingerprint density at radius 2 is 0.642 bits per heavy atom. The number of nitrogens with zero attached hydrogens (tertiary/aromatic N) is 10. The molecular weight excluding hydrogens is 1860 g/mol. The minimum Gasteiger partial charge on any atom is -0.436 e. The van der Waals surface area contributed by atoms with E-state index in [0.717, 1.165) is 156 Å². The normalized spacial score (nSPS) is 12.4. The van der Waals surface area contributed by atoms with Gasteiger partial charge in [0.05, 0.1) is 50.2 Å². The second kappa shape index (κ2) is 33.8. The van der Waals surface area contributed by atoms with Crippen LogP contribution in [0.5, 0.6) is 0 Å². The lowest BCUT2D eigenvalue weighted by atomic mass is 9.85. The van der Waals surface area contributed by atoms with E-state index in [0.29, 0.717) is 5.71 Å². The highest BCUT2D eigenvalue weighted by Gasteiger charge is 2.41. The molecule has 31 aromatic rings. The largest absolute Gasteiger partial charge is 0.436 e. The quantitative estimate of drug-likeness (QED) is 0.133. The number of aromatic nitrogens is 10. The highest BCUT2D eigenvalue weighted by Crippen LogP contribution is 2.53. The molecule has 14 heteroatoms.